The summed E-state index contributed by atoms with van der Waals surface area (Å²) in [7, 11) is 2.14. The van der Waals surface area contributed by atoms with Crippen LogP contribution in [0, 0.1) is 0 Å². The molecule has 2 nitrogen and oxygen atoms in total. The number of hydrogen-bond acceptors (Lipinski definition) is 2. The van der Waals surface area contributed by atoms with Crippen LogP contribution in [0.15, 0.2) is 30.3 Å². The van der Waals surface area contributed by atoms with Gasteiger partial charge in [0.15, 0.2) is 0 Å². The predicted octanol–water partition coefficient (Wildman–Crippen LogP) is 3.01. The Kier molecular flexibility index (Phi) is 4.19. The minimum absolute atomic E-state index is 0.693. The summed E-state index contributed by atoms with van der Waals surface area (Å²) in [5.74, 6) is 0.761. The van der Waals surface area contributed by atoms with Gasteiger partial charge in [-0.15, -0.1) is 0 Å². The second kappa shape index (κ2) is 6.06. The summed E-state index contributed by atoms with van der Waals surface area (Å²) < 4.78 is 0. The van der Waals surface area contributed by atoms with Crippen molar-refractivity contribution < 1.29 is 0 Å². The monoisotopic (exact) mass is 258 g/mol. The molecule has 19 heavy (non-hydrogen) atoms. The molecule has 1 aromatic carbocycles. The molecular weight excluding hydrogens is 232 g/mol. The highest BCUT2D eigenvalue weighted by molar-refractivity contribution is 5.21. The molecule has 0 aromatic heterocycles. The van der Waals surface area contributed by atoms with Gasteiger partial charge in [-0.1, -0.05) is 30.3 Å². The fraction of sp³-hybridized carbons (Fsp3) is 0.647. The van der Waals surface area contributed by atoms with Gasteiger partial charge >= 0.3 is 0 Å². The summed E-state index contributed by atoms with van der Waals surface area (Å²) in [4.78, 5) is 2.73. The van der Waals surface area contributed by atoms with Gasteiger partial charge in [0.2, 0.25) is 0 Å². The standard InChI is InChI=1S/C17H26N2/c1-18-16-10-9-15(14-7-3-2-4-8-14)13-17(16)19-11-5-6-12-19/h2-4,7-8,15-18H,5-6,9-13H2,1H3. The zero-order chi connectivity index (χ0) is 13.1. The van der Waals surface area contributed by atoms with Gasteiger partial charge in [0.05, 0.1) is 0 Å². The van der Waals surface area contributed by atoms with E-state index in [2.05, 4.69) is 47.6 Å². The third kappa shape index (κ3) is 2.85. The van der Waals surface area contributed by atoms with Crippen LogP contribution in [0.5, 0.6) is 0 Å². The first-order valence-electron chi connectivity index (χ1n) is 7.85. The van der Waals surface area contributed by atoms with Crippen molar-refractivity contribution in [2.45, 2.75) is 50.1 Å². The van der Waals surface area contributed by atoms with Gasteiger partial charge in [0.25, 0.3) is 0 Å². The van der Waals surface area contributed by atoms with Gasteiger partial charge in [-0.2, -0.15) is 0 Å². The van der Waals surface area contributed by atoms with Gasteiger partial charge in [0, 0.05) is 12.1 Å². The Morgan fingerprint density at radius 1 is 1.05 bits per heavy atom. The molecule has 1 saturated heterocycles. The molecule has 1 heterocycles. The van der Waals surface area contributed by atoms with E-state index in [0.717, 1.165) is 12.0 Å². The molecule has 2 aliphatic rings. The average Bonchev–Trinajstić information content (AvgIpc) is 3.01. The van der Waals surface area contributed by atoms with Crippen molar-refractivity contribution in [1.82, 2.24) is 10.2 Å². The van der Waals surface area contributed by atoms with Crippen LogP contribution in [-0.4, -0.2) is 37.1 Å². The van der Waals surface area contributed by atoms with E-state index >= 15 is 0 Å². The molecule has 1 aliphatic carbocycles. The van der Waals surface area contributed by atoms with E-state index in [1.54, 1.807) is 5.56 Å². The van der Waals surface area contributed by atoms with E-state index in [9.17, 15) is 0 Å². The van der Waals surface area contributed by atoms with Crippen LogP contribution in [-0.2, 0) is 0 Å². The summed E-state index contributed by atoms with van der Waals surface area (Å²) in [6.07, 6.45) is 6.76. The van der Waals surface area contributed by atoms with Crippen LogP contribution < -0.4 is 5.32 Å². The molecule has 0 amide bonds. The molecule has 2 fully saturated rings. The third-order valence-electron chi connectivity index (χ3n) is 5.07. The second-order valence-electron chi connectivity index (χ2n) is 6.13. The largest absolute Gasteiger partial charge is 0.315 e. The third-order valence-corrected chi connectivity index (χ3v) is 5.07. The molecule has 3 rings (SSSR count). The number of nitrogens with zero attached hydrogens (tertiary/aromatic N) is 1. The normalized spacial score (nSPS) is 32.6. The maximum Gasteiger partial charge on any atom is 0.0255 e. The molecule has 3 unspecified atom stereocenters. The first kappa shape index (κ1) is 13.1. The number of rotatable bonds is 3. The number of nitrogens with one attached hydrogen (secondary N) is 1. The lowest BCUT2D eigenvalue weighted by atomic mass is 9.78. The fourth-order valence-corrected chi connectivity index (χ4v) is 3.99. The van der Waals surface area contributed by atoms with Crippen LogP contribution in [0.3, 0.4) is 0 Å². The van der Waals surface area contributed by atoms with E-state index in [1.807, 2.05) is 0 Å². The van der Waals surface area contributed by atoms with E-state index in [4.69, 9.17) is 0 Å². The van der Waals surface area contributed by atoms with Crippen LogP contribution in [0.2, 0.25) is 0 Å². The molecule has 1 saturated carbocycles. The van der Waals surface area contributed by atoms with Crippen LogP contribution in [0.1, 0.15) is 43.6 Å². The van der Waals surface area contributed by atoms with Gasteiger partial charge in [0.1, 0.15) is 0 Å². The number of benzene rings is 1. The van der Waals surface area contributed by atoms with Crippen LogP contribution in [0.25, 0.3) is 0 Å². The van der Waals surface area contributed by atoms with Crippen molar-refractivity contribution in [3.05, 3.63) is 35.9 Å². The Labute approximate surface area is 117 Å². The quantitative estimate of drug-likeness (QED) is 0.896. The Morgan fingerprint density at radius 3 is 2.47 bits per heavy atom. The van der Waals surface area contributed by atoms with Gasteiger partial charge in [-0.25, -0.2) is 0 Å². The SMILES string of the molecule is CNC1CCC(c2ccccc2)CC1N1CCCC1. The van der Waals surface area contributed by atoms with E-state index < -0.39 is 0 Å². The Morgan fingerprint density at radius 2 is 1.79 bits per heavy atom. The second-order valence-corrected chi connectivity index (χ2v) is 6.13. The minimum Gasteiger partial charge on any atom is -0.315 e. The van der Waals surface area contributed by atoms with Crippen molar-refractivity contribution in [1.29, 1.82) is 0 Å². The lowest BCUT2D eigenvalue weighted by Crippen LogP contribution is -2.51. The molecule has 104 valence electrons. The number of hydrogen-bond donors (Lipinski definition) is 1. The fourth-order valence-electron chi connectivity index (χ4n) is 3.99. The van der Waals surface area contributed by atoms with Crippen LogP contribution in [0.4, 0.5) is 0 Å². The van der Waals surface area contributed by atoms with E-state index in [0.29, 0.717) is 6.04 Å². The minimum atomic E-state index is 0.693. The highest BCUT2D eigenvalue weighted by Crippen LogP contribution is 2.36. The molecule has 0 bridgehead atoms. The Hall–Kier alpha value is -0.860. The smallest absolute Gasteiger partial charge is 0.0255 e. The molecule has 3 atom stereocenters. The van der Waals surface area contributed by atoms with Crippen molar-refractivity contribution in [2.24, 2.45) is 0 Å². The Bertz CT molecular complexity index is 382. The first-order chi connectivity index (χ1) is 9.38. The molecule has 1 aromatic rings. The summed E-state index contributed by atoms with van der Waals surface area (Å²) in [5.41, 5.74) is 1.54. The highest BCUT2D eigenvalue weighted by atomic mass is 15.2. The summed E-state index contributed by atoms with van der Waals surface area (Å²) >= 11 is 0. The zero-order valence-electron chi connectivity index (χ0n) is 12.0. The van der Waals surface area contributed by atoms with Crippen molar-refractivity contribution in [3.63, 3.8) is 0 Å². The number of likely N-dealkylation sites (tertiary alicyclic amines) is 1. The molecule has 0 radical (unpaired) electrons. The molecular formula is C17H26N2. The first-order valence-corrected chi connectivity index (χ1v) is 7.85. The topological polar surface area (TPSA) is 15.3 Å². The van der Waals surface area contributed by atoms with Crippen LogP contribution >= 0.6 is 0 Å². The summed E-state index contributed by atoms with van der Waals surface area (Å²) in [6, 6.07) is 12.6. The molecule has 1 N–H and O–H groups in total. The van der Waals surface area contributed by atoms with Gasteiger partial charge < -0.3 is 5.32 Å². The lowest BCUT2D eigenvalue weighted by Gasteiger charge is -2.41. The highest BCUT2D eigenvalue weighted by Gasteiger charge is 2.34. The predicted molar refractivity (Wildman–Crippen MR) is 80.5 cm³/mol. The van der Waals surface area contributed by atoms with Gasteiger partial charge in [-0.3, -0.25) is 4.90 Å². The molecule has 0 spiro atoms. The zero-order valence-corrected chi connectivity index (χ0v) is 12.0. The average molecular weight is 258 g/mol. The number of likely N-dealkylation sites (N-methyl/N-ethyl adjacent to an activating group) is 1. The molecule has 2 heteroatoms. The van der Waals surface area contributed by atoms with Crippen molar-refractivity contribution in [2.75, 3.05) is 20.1 Å². The Balaban J connectivity index is 1.73. The van der Waals surface area contributed by atoms with E-state index in [1.165, 1.54) is 45.2 Å². The van der Waals surface area contributed by atoms with Crippen molar-refractivity contribution in [3.8, 4) is 0 Å². The van der Waals surface area contributed by atoms with Crippen molar-refractivity contribution >= 4 is 0 Å². The maximum absolute atomic E-state index is 3.56. The molecule has 1 aliphatic heterocycles. The summed E-state index contributed by atoms with van der Waals surface area (Å²) in [6.45, 7) is 2.62. The van der Waals surface area contributed by atoms with E-state index in [-0.39, 0.29) is 0 Å². The summed E-state index contributed by atoms with van der Waals surface area (Å²) in [5, 5.41) is 3.56. The maximum atomic E-state index is 3.56. The van der Waals surface area contributed by atoms with Gasteiger partial charge in [-0.05, 0) is 63.7 Å². The lowest BCUT2D eigenvalue weighted by molar-refractivity contribution is 0.141.